The molecule has 0 bridgehead atoms. The quantitative estimate of drug-likeness (QED) is 0.820. The first-order valence-electron chi connectivity index (χ1n) is 4.96. The molecule has 0 radical (unpaired) electrons. The van der Waals surface area contributed by atoms with Crippen LogP contribution in [0, 0.1) is 5.92 Å². The van der Waals surface area contributed by atoms with E-state index in [1.807, 2.05) is 12.1 Å². The van der Waals surface area contributed by atoms with Crippen LogP contribution in [-0.2, 0) is 6.42 Å². The molecule has 0 saturated carbocycles. The van der Waals surface area contributed by atoms with Gasteiger partial charge in [-0.05, 0) is 23.5 Å². The van der Waals surface area contributed by atoms with E-state index in [9.17, 15) is 5.11 Å². The summed E-state index contributed by atoms with van der Waals surface area (Å²) >= 11 is 3.26. The minimum atomic E-state index is -0.386. The van der Waals surface area contributed by atoms with E-state index in [-0.39, 0.29) is 6.10 Å². The summed E-state index contributed by atoms with van der Waals surface area (Å²) in [4.78, 5) is 0. The smallest absolute Gasteiger partial charge is 0.0886 e. The molecule has 0 aliphatic carbocycles. The number of aliphatic hydroxyl groups excluding tert-OH is 1. The van der Waals surface area contributed by atoms with Crippen LogP contribution in [0.5, 0.6) is 0 Å². The van der Waals surface area contributed by atoms with Gasteiger partial charge in [0.1, 0.15) is 0 Å². The molecule has 0 unspecified atom stereocenters. The third-order valence-electron chi connectivity index (χ3n) is 2.15. The van der Waals surface area contributed by atoms with Crippen molar-refractivity contribution in [3.05, 3.63) is 35.4 Å². The van der Waals surface area contributed by atoms with Gasteiger partial charge in [-0.25, -0.2) is 0 Å². The zero-order chi connectivity index (χ0) is 10.6. The van der Waals surface area contributed by atoms with Crippen molar-refractivity contribution in [3.8, 4) is 0 Å². The Morgan fingerprint density at radius 2 is 1.79 bits per heavy atom. The molecule has 1 aromatic carbocycles. The molecule has 2 heteroatoms. The summed E-state index contributed by atoms with van der Waals surface area (Å²) < 4.78 is 0. The van der Waals surface area contributed by atoms with Crippen molar-refractivity contribution in [2.24, 2.45) is 5.92 Å². The summed E-state index contributed by atoms with van der Waals surface area (Å²) in [6, 6.07) is 8.20. The molecular weight excluding hydrogens is 240 g/mol. The average Bonchev–Trinajstić information content (AvgIpc) is 2.17. The monoisotopic (exact) mass is 256 g/mol. The number of halogens is 1. The normalized spacial score (nSPS) is 13.2. The minimum Gasteiger partial charge on any atom is -0.388 e. The first-order valence-corrected chi connectivity index (χ1v) is 6.08. The Bertz CT molecular complexity index is 266. The van der Waals surface area contributed by atoms with Gasteiger partial charge in [0.2, 0.25) is 0 Å². The minimum absolute atomic E-state index is 0.386. The Balaban J connectivity index is 2.68. The van der Waals surface area contributed by atoms with Crippen molar-refractivity contribution in [3.63, 3.8) is 0 Å². The number of aliphatic hydroxyl groups is 1. The van der Waals surface area contributed by atoms with E-state index in [2.05, 4.69) is 41.9 Å². The van der Waals surface area contributed by atoms with Gasteiger partial charge in [0, 0.05) is 5.33 Å². The van der Waals surface area contributed by atoms with Crippen molar-refractivity contribution in [1.29, 1.82) is 0 Å². The predicted molar refractivity (Wildman–Crippen MR) is 63.7 cm³/mol. The molecule has 0 fully saturated rings. The summed E-state index contributed by atoms with van der Waals surface area (Å²) in [6.45, 7) is 4.42. The van der Waals surface area contributed by atoms with E-state index in [0.717, 1.165) is 12.0 Å². The summed E-state index contributed by atoms with van der Waals surface area (Å²) in [5, 5.41) is 10.1. The zero-order valence-electron chi connectivity index (χ0n) is 8.70. The molecule has 0 saturated heterocycles. The molecule has 0 aromatic heterocycles. The van der Waals surface area contributed by atoms with Crippen molar-refractivity contribution in [2.75, 3.05) is 5.33 Å². The second-order valence-electron chi connectivity index (χ2n) is 4.01. The van der Waals surface area contributed by atoms with Crippen LogP contribution >= 0.6 is 15.9 Å². The Labute approximate surface area is 94.3 Å². The fourth-order valence-electron chi connectivity index (χ4n) is 1.44. The Morgan fingerprint density at radius 1 is 1.21 bits per heavy atom. The van der Waals surface area contributed by atoms with E-state index in [0.29, 0.717) is 11.2 Å². The molecule has 0 amide bonds. The van der Waals surface area contributed by atoms with Crippen LogP contribution in [0.3, 0.4) is 0 Å². The van der Waals surface area contributed by atoms with E-state index in [1.165, 1.54) is 5.56 Å². The summed E-state index contributed by atoms with van der Waals surface area (Å²) in [7, 11) is 0. The molecule has 0 aliphatic heterocycles. The van der Waals surface area contributed by atoms with E-state index in [1.54, 1.807) is 0 Å². The molecule has 1 aromatic rings. The Hall–Kier alpha value is -0.340. The third kappa shape index (κ3) is 3.43. The summed E-state index contributed by atoms with van der Waals surface area (Å²) in [5.41, 5.74) is 2.32. The molecule has 1 nitrogen and oxygen atoms in total. The predicted octanol–water partition coefficient (Wildman–Crippen LogP) is 3.31. The highest BCUT2D eigenvalue weighted by Gasteiger charge is 2.05. The number of hydrogen-bond donors (Lipinski definition) is 1. The topological polar surface area (TPSA) is 20.2 Å². The van der Waals surface area contributed by atoms with E-state index < -0.39 is 0 Å². The molecule has 14 heavy (non-hydrogen) atoms. The van der Waals surface area contributed by atoms with E-state index >= 15 is 0 Å². The van der Waals surface area contributed by atoms with Crippen LogP contribution in [0.1, 0.15) is 31.1 Å². The van der Waals surface area contributed by atoms with Gasteiger partial charge in [-0.1, -0.05) is 54.0 Å². The fraction of sp³-hybridized carbons (Fsp3) is 0.500. The third-order valence-corrected chi connectivity index (χ3v) is 2.77. The highest BCUT2D eigenvalue weighted by molar-refractivity contribution is 9.09. The van der Waals surface area contributed by atoms with Gasteiger partial charge >= 0.3 is 0 Å². The average molecular weight is 257 g/mol. The van der Waals surface area contributed by atoms with Crippen LogP contribution in [0.25, 0.3) is 0 Å². The highest BCUT2D eigenvalue weighted by Crippen LogP contribution is 2.17. The molecule has 0 heterocycles. The lowest BCUT2D eigenvalue weighted by atomic mass is 10.0. The highest BCUT2D eigenvalue weighted by atomic mass is 79.9. The maximum atomic E-state index is 9.56. The fourth-order valence-corrected chi connectivity index (χ4v) is 1.81. The van der Waals surface area contributed by atoms with Crippen LogP contribution < -0.4 is 0 Å². The van der Waals surface area contributed by atoms with Crippen LogP contribution in [0.2, 0.25) is 0 Å². The van der Waals surface area contributed by atoms with Gasteiger partial charge < -0.3 is 5.11 Å². The standard InChI is InChI=1S/C12H17BrO/c1-9(2)7-10-3-5-11(6-4-10)12(14)8-13/h3-6,9,12,14H,7-8H2,1-2H3/t12-/m1/s1. The Morgan fingerprint density at radius 3 is 2.21 bits per heavy atom. The van der Waals surface area contributed by atoms with Gasteiger partial charge in [-0.2, -0.15) is 0 Å². The largest absolute Gasteiger partial charge is 0.388 e. The first-order chi connectivity index (χ1) is 6.63. The summed E-state index contributed by atoms with van der Waals surface area (Å²) in [5.74, 6) is 0.682. The van der Waals surface area contributed by atoms with Crippen LogP contribution in [0.4, 0.5) is 0 Å². The number of alkyl halides is 1. The summed E-state index contributed by atoms with van der Waals surface area (Å²) in [6.07, 6.45) is 0.716. The van der Waals surface area contributed by atoms with Crippen LogP contribution in [0.15, 0.2) is 24.3 Å². The molecule has 1 rings (SSSR count). The molecular formula is C12H17BrO. The lowest BCUT2D eigenvalue weighted by Crippen LogP contribution is -1.99. The van der Waals surface area contributed by atoms with E-state index in [4.69, 9.17) is 0 Å². The zero-order valence-corrected chi connectivity index (χ0v) is 10.3. The van der Waals surface area contributed by atoms with Gasteiger partial charge in [0.05, 0.1) is 6.10 Å². The lowest BCUT2D eigenvalue weighted by molar-refractivity contribution is 0.205. The maximum absolute atomic E-state index is 9.56. The molecule has 0 aliphatic rings. The van der Waals surface area contributed by atoms with Crippen LogP contribution in [-0.4, -0.2) is 10.4 Å². The van der Waals surface area contributed by atoms with Gasteiger partial charge in [0.25, 0.3) is 0 Å². The SMILES string of the molecule is CC(C)Cc1ccc([C@H](O)CBr)cc1. The maximum Gasteiger partial charge on any atom is 0.0886 e. The molecule has 0 spiro atoms. The van der Waals surface area contributed by atoms with Crippen molar-refractivity contribution < 1.29 is 5.11 Å². The number of rotatable bonds is 4. The Kier molecular flexibility index (Phi) is 4.63. The first kappa shape index (κ1) is 11.7. The molecule has 1 N–H and O–H groups in total. The van der Waals surface area contributed by atoms with Crippen molar-refractivity contribution in [2.45, 2.75) is 26.4 Å². The van der Waals surface area contributed by atoms with Gasteiger partial charge in [-0.3, -0.25) is 0 Å². The molecule has 78 valence electrons. The van der Waals surface area contributed by atoms with Crippen molar-refractivity contribution in [1.82, 2.24) is 0 Å². The number of hydrogen-bond acceptors (Lipinski definition) is 1. The molecule has 1 atom stereocenters. The number of benzene rings is 1. The van der Waals surface area contributed by atoms with Gasteiger partial charge in [-0.15, -0.1) is 0 Å². The second kappa shape index (κ2) is 5.52. The second-order valence-corrected chi connectivity index (χ2v) is 4.66. The lowest BCUT2D eigenvalue weighted by Gasteiger charge is -2.09. The van der Waals surface area contributed by atoms with Gasteiger partial charge in [0.15, 0.2) is 0 Å². The van der Waals surface area contributed by atoms with Crippen molar-refractivity contribution >= 4 is 15.9 Å².